The van der Waals surface area contributed by atoms with Gasteiger partial charge in [0, 0.05) is 12.6 Å². The highest BCUT2D eigenvalue weighted by molar-refractivity contribution is 5.55. The molecule has 0 amide bonds. The maximum absolute atomic E-state index is 11.8. The molecule has 0 bridgehead atoms. The van der Waals surface area contributed by atoms with Crippen LogP contribution >= 0.6 is 0 Å². The van der Waals surface area contributed by atoms with Gasteiger partial charge in [-0.05, 0) is 0 Å². The van der Waals surface area contributed by atoms with Gasteiger partial charge >= 0.3 is 6.18 Å². The monoisotopic (exact) mass is 163 g/mol. The van der Waals surface area contributed by atoms with E-state index < -0.39 is 18.2 Å². The summed E-state index contributed by atoms with van der Waals surface area (Å²) < 4.78 is 35.5. The van der Waals surface area contributed by atoms with E-state index in [1.165, 1.54) is 5.94 Å². The van der Waals surface area contributed by atoms with Gasteiger partial charge in [0.15, 0.2) is 0 Å². The third kappa shape index (κ3) is 1.62. The van der Waals surface area contributed by atoms with Crippen LogP contribution in [0.5, 0.6) is 0 Å². The van der Waals surface area contributed by atoms with Crippen LogP contribution in [0.2, 0.25) is 0 Å². The number of nitrogens with one attached hydrogen (secondary N) is 1. The van der Waals surface area contributed by atoms with Gasteiger partial charge in [0.1, 0.15) is 11.6 Å². The van der Waals surface area contributed by atoms with Gasteiger partial charge < -0.3 is 5.32 Å². The molecule has 0 unspecified atom stereocenters. The molecule has 0 radical (unpaired) electrons. The van der Waals surface area contributed by atoms with Crippen LogP contribution in [0.25, 0.3) is 0 Å². The highest BCUT2D eigenvalue weighted by atomic mass is 19.4. The van der Waals surface area contributed by atoms with Crippen LogP contribution in [0.3, 0.4) is 0 Å². The van der Waals surface area contributed by atoms with E-state index in [1.807, 2.05) is 0 Å². The lowest BCUT2D eigenvalue weighted by Crippen LogP contribution is -2.09. The predicted octanol–water partition coefficient (Wildman–Crippen LogP) is 1.14. The molecule has 1 N–H and O–H groups in total. The van der Waals surface area contributed by atoms with E-state index in [1.54, 1.807) is 0 Å². The molecule has 0 fully saturated rings. The Kier molecular flexibility index (Phi) is 1.74. The molecule has 2 nitrogen and oxygen atoms in total. The van der Waals surface area contributed by atoms with Crippen molar-refractivity contribution in [2.45, 2.75) is 12.6 Å². The van der Waals surface area contributed by atoms with Crippen molar-refractivity contribution in [3.8, 4) is 0 Å². The Labute approximate surface area is 60.4 Å². The first-order valence-electron chi connectivity index (χ1n) is 2.81. The first-order chi connectivity index (χ1) is 5.04. The van der Waals surface area contributed by atoms with E-state index >= 15 is 0 Å². The van der Waals surface area contributed by atoms with Crippen LogP contribution in [0.15, 0.2) is 17.5 Å². The second-order valence-corrected chi connectivity index (χ2v) is 2.07. The number of allylic oxidation sites excluding steroid dienone is 1. The topological polar surface area (TPSA) is 29.1 Å². The Bertz CT molecular complexity index is 247. The molecule has 0 saturated carbocycles. The zero-order valence-electron chi connectivity index (χ0n) is 5.33. The predicted molar refractivity (Wildman–Crippen MR) is 31.1 cm³/mol. The molecule has 1 rings (SSSR count). The highest BCUT2D eigenvalue weighted by Crippen LogP contribution is 2.31. The lowest BCUT2D eigenvalue weighted by atomic mass is 10.2. The first-order valence-corrected chi connectivity index (χ1v) is 2.81. The second kappa shape index (κ2) is 2.43. The highest BCUT2D eigenvalue weighted by Gasteiger charge is 2.36. The maximum Gasteiger partial charge on any atom is 0.414 e. The van der Waals surface area contributed by atoms with Gasteiger partial charge in [-0.15, -0.1) is 0 Å². The zero-order valence-corrected chi connectivity index (χ0v) is 5.33. The molecule has 1 heterocycles. The number of hydrogen-bond acceptors (Lipinski definition) is 2. The molecular formula is C6H4F3NO. The van der Waals surface area contributed by atoms with Crippen molar-refractivity contribution in [2.75, 3.05) is 0 Å². The van der Waals surface area contributed by atoms with Crippen LogP contribution in [0, 0.1) is 0 Å². The summed E-state index contributed by atoms with van der Waals surface area (Å²) in [6.07, 6.45) is -3.96. The van der Waals surface area contributed by atoms with Gasteiger partial charge in [0.05, 0.1) is 5.57 Å². The summed E-state index contributed by atoms with van der Waals surface area (Å²) in [5.41, 5.74) is -0.812. The maximum atomic E-state index is 11.8. The molecule has 60 valence electrons. The summed E-state index contributed by atoms with van der Waals surface area (Å²) in [7, 11) is 0. The third-order valence-corrected chi connectivity index (χ3v) is 1.28. The molecule has 1 aliphatic heterocycles. The van der Waals surface area contributed by atoms with E-state index in [-0.39, 0.29) is 5.70 Å². The van der Waals surface area contributed by atoms with Crippen LogP contribution in [0.1, 0.15) is 6.42 Å². The molecule has 0 aromatic heterocycles. The summed E-state index contributed by atoms with van der Waals surface area (Å²) in [4.78, 5) is 9.85. The first kappa shape index (κ1) is 7.88. The van der Waals surface area contributed by atoms with Crippen molar-refractivity contribution in [3.05, 3.63) is 17.5 Å². The Hall–Kier alpha value is -1.22. The Balaban J connectivity index is 2.75. The van der Waals surface area contributed by atoms with Crippen LogP contribution in [0.4, 0.5) is 13.2 Å². The smallest absolute Gasteiger partial charge is 0.356 e. The molecule has 0 spiro atoms. The van der Waals surface area contributed by atoms with E-state index in [0.717, 1.165) is 6.20 Å². The van der Waals surface area contributed by atoms with Crippen molar-refractivity contribution in [2.24, 2.45) is 0 Å². The number of halogens is 3. The van der Waals surface area contributed by atoms with Crippen LogP contribution < -0.4 is 5.32 Å². The summed E-state index contributed by atoms with van der Waals surface area (Å²) in [6.45, 7) is 0. The zero-order chi connectivity index (χ0) is 8.48. The average molecular weight is 163 g/mol. The van der Waals surface area contributed by atoms with Gasteiger partial charge in [0.25, 0.3) is 0 Å². The fourth-order valence-electron chi connectivity index (χ4n) is 0.714. The summed E-state index contributed by atoms with van der Waals surface area (Å²) in [5, 5.41) is 2.17. The van der Waals surface area contributed by atoms with E-state index in [4.69, 9.17) is 0 Å². The van der Waals surface area contributed by atoms with Crippen molar-refractivity contribution >= 4 is 5.94 Å². The Morgan fingerprint density at radius 2 is 2.18 bits per heavy atom. The molecule has 0 aromatic carbocycles. The quantitative estimate of drug-likeness (QED) is 0.542. The van der Waals surface area contributed by atoms with Crippen molar-refractivity contribution < 1.29 is 18.0 Å². The molecule has 0 saturated heterocycles. The number of carbonyl (C=O) groups excluding carboxylic acids is 1. The van der Waals surface area contributed by atoms with E-state index in [0.29, 0.717) is 0 Å². The van der Waals surface area contributed by atoms with Crippen molar-refractivity contribution in [1.82, 2.24) is 5.32 Å². The van der Waals surface area contributed by atoms with E-state index in [9.17, 15) is 18.0 Å². The normalized spacial score (nSPS) is 17.4. The minimum atomic E-state index is -4.34. The number of alkyl halides is 3. The fourth-order valence-corrected chi connectivity index (χ4v) is 0.714. The van der Waals surface area contributed by atoms with Crippen molar-refractivity contribution in [1.29, 1.82) is 0 Å². The standard InChI is InChI=1S/C6H4F3NO/c7-6(8,9)4-1-5(3-11)10-2-4/h2,10H,1H2. The van der Waals surface area contributed by atoms with Gasteiger partial charge in [-0.25, -0.2) is 4.79 Å². The lowest BCUT2D eigenvalue weighted by Gasteiger charge is -2.03. The molecular weight excluding hydrogens is 159 g/mol. The molecule has 0 aliphatic carbocycles. The molecule has 11 heavy (non-hydrogen) atoms. The summed E-state index contributed by atoms with van der Waals surface area (Å²) in [5.74, 6) is 1.37. The molecule has 0 aromatic rings. The van der Waals surface area contributed by atoms with Gasteiger partial charge in [-0.1, -0.05) is 0 Å². The SMILES string of the molecule is O=C=C1CC(C(F)(F)F)=CN1. The lowest BCUT2D eigenvalue weighted by molar-refractivity contribution is -0.0925. The Morgan fingerprint density at radius 3 is 2.45 bits per heavy atom. The third-order valence-electron chi connectivity index (χ3n) is 1.28. The molecule has 5 heteroatoms. The van der Waals surface area contributed by atoms with E-state index in [2.05, 4.69) is 5.32 Å². The van der Waals surface area contributed by atoms with Gasteiger partial charge in [-0.2, -0.15) is 13.2 Å². The molecule has 1 aliphatic rings. The molecule has 0 atom stereocenters. The Morgan fingerprint density at radius 1 is 1.55 bits per heavy atom. The minimum absolute atomic E-state index is 0.0719. The second-order valence-electron chi connectivity index (χ2n) is 2.07. The van der Waals surface area contributed by atoms with Gasteiger partial charge in [-0.3, -0.25) is 0 Å². The minimum Gasteiger partial charge on any atom is -0.356 e. The average Bonchev–Trinajstić information content (AvgIpc) is 2.32. The number of hydrogen-bond donors (Lipinski definition) is 1. The van der Waals surface area contributed by atoms with Crippen molar-refractivity contribution in [3.63, 3.8) is 0 Å². The number of rotatable bonds is 0. The summed E-state index contributed by atoms with van der Waals surface area (Å²) >= 11 is 0. The van der Waals surface area contributed by atoms with Crippen LogP contribution in [-0.2, 0) is 4.79 Å². The fraction of sp³-hybridized carbons (Fsp3) is 0.333. The van der Waals surface area contributed by atoms with Crippen LogP contribution in [-0.4, -0.2) is 12.1 Å². The largest absolute Gasteiger partial charge is 0.414 e. The van der Waals surface area contributed by atoms with Gasteiger partial charge in [0.2, 0.25) is 0 Å². The summed E-state index contributed by atoms with van der Waals surface area (Å²) in [6, 6.07) is 0.